The fourth-order valence-electron chi connectivity index (χ4n) is 2.13. The van der Waals surface area contributed by atoms with Gasteiger partial charge < -0.3 is 10.0 Å². The Morgan fingerprint density at radius 3 is 2.77 bits per heavy atom. The van der Waals surface area contributed by atoms with Crippen LogP contribution in [0.1, 0.15) is 36.2 Å². The van der Waals surface area contributed by atoms with Crippen molar-refractivity contribution in [3.63, 3.8) is 0 Å². The molecule has 0 saturated carbocycles. The highest BCUT2D eigenvalue weighted by Gasteiger charge is 2.15. The van der Waals surface area contributed by atoms with Crippen molar-refractivity contribution in [3.05, 3.63) is 46.7 Å². The van der Waals surface area contributed by atoms with Crippen molar-refractivity contribution in [1.29, 1.82) is 0 Å². The van der Waals surface area contributed by atoms with E-state index in [0.29, 0.717) is 23.0 Å². The molecule has 0 fully saturated rings. The lowest BCUT2D eigenvalue weighted by Crippen LogP contribution is -2.24. The summed E-state index contributed by atoms with van der Waals surface area (Å²) in [6, 6.07) is 7.63. The Bertz CT molecular complexity index is 758. The second kappa shape index (κ2) is 10.3. The van der Waals surface area contributed by atoms with E-state index in [4.69, 9.17) is 16.4 Å². The number of amides is 1. The maximum absolute atomic E-state index is 12.3. The molecule has 1 heterocycles. The number of anilines is 3. The molecule has 0 aliphatic rings. The Morgan fingerprint density at radius 2 is 2.04 bits per heavy atom. The van der Waals surface area contributed by atoms with Gasteiger partial charge in [-0.1, -0.05) is 36.5 Å². The quantitative estimate of drug-likeness (QED) is 0.242. The molecule has 140 valence electrons. The van der Waals surface area contributed by atoms with Crippen LogP contribution in [0.25, 0.3) is 0 Å². The lowest BCUT2D eigenvalue weighted by molar-refractivity contribution is 0.0365. The van der Waals surface area contributed by atoms with Crippen molar-refractivity contribution in [1.82, 2.24) is 10.5 Å². The molecule has 2 aromatic rings. The predicted octanol–water partition coefficient (Wildman–Crippen LogP) is 4.94. The van der Waals surface area contributed by atoms with Crippen molar-refractivity contribution >= 4 is 46.5 Å². The van der Waals surface area contributed by atoms with Gasteiger partial charge in [0.05, 0.1) is 29.2 Å². The normalized spacial score (nSPS) is 10.5. The number of hydrogen-bond acceptors (Lipinski definition) is 6. The van der Waals surface area contributed by atoms with Crippen LogP contribution in [0.2, 0.25) is 5.15 Å². The van der Waals surface area contributed by atoms with Crippen LogP contribution in [0.4, 0.5) is 17.1 Å². The maximum atomic E-state index is 12.3. The van der Waals surface area contributed by atoms with Gasteiger partial charge in [0.1, 0.15) is 5.15 Å². The highest BCUT2D eigenvalue weighted by atomic mass is 35.5. The molecule has 0 aliphatic heterocycles. The largest absolute Gasteiger partial charge is 0.353 e. The Kier molecular flexibility index (Phi) is 8.03. The van der Waals surface area contributed by atoms with Crippen LogP contribution >= 0.6 is 23.5 Å². The number of hydroxylamine groups is 1. The van der Waals surface area contributed by atoms with Crippen LogP contribution in [-0.2, 0) is 4.84 Å². The van der Waals surface area contributed by atoms with Crippen molar-refractivity contribution in [2.75, 3.05) is 22.4 Å². The zero-order chi connectivity index (χ0) is 18.9. The molecule has 0 radical (unpaired) electrons. The molecule has 1 amide bonds. The summed E-state index contributed by atoms with van der Waals surface area (Å²) in [5, 5.41) is 3.57. The van der Waals surface area contributed by atoms with Gasteiger partial charge in [-0.3, -0.25) is 9.63 Å². The van der Waals surface area contributed by atoms with Crippen LogP contribution in [-0.4, -0.2) is 23.3 Å². The molecule has 8 heteroatoms. The molecule has 0 saturated heterocycles. The van der Waals surface area contributed by atoms with Gasteiger partial charge in [-0.15, -0.1) is 0 Å². The van der Waals surface area contributed by atoms with Crippen molar-refractivity contribution in [2.24, 2.45) is 0 Å². The molecule has 0 aliphatic carbocycles. The minimum Gasteiger partial charge on any atom is -0.353 e. The van der Waals surface area contributed by atoms with Gasteiger partial charge >= 0.3 is 0 Å². The van der Waals surface area contributed by atoms with Crippen LogP contribution in [0.3, 0.4) is 0 Å². The maximum Gasteiger partial charge on any atom is 0.278 e. The third-order valence-corrected chi connectivity index (χ3v) is 4.54. The van der Waals surface area contributed by atoms with Crippen LogP contribution in [0, 0.1) is 6.92 Å². The number of nitrogens with zero attached hydrogens (tertiary/aromatic N) is 1. The number of hydrogen-bond donors (Lipinski definition) is 3. The lowest BCUT2D eigenvalue weighted by atomic mass is 10.1. The number of halogens is 1. The van der Waals surface area contributed by atoms with E-state index in [9.17, 15) is 4.79 Å². The van der Waals surface area contributed by atoms with Gasteiger partial charge in [-0.2, -0.15) is 0 Å². The number of aromatic nitrogens is 1. The van der Waals surface area contributed by atoms with E-state index in [2.05, 4.69) is 27.4 Å². The summed E-state index contributed by atoms with van der Waals surface area (Å²) < 4.78 is 3.35. The van der Waals surface area contributed by atoms with E-state index < -0.39 is 0 Å². The smallest absolute Gasteiger partial charge is 0.278 e. The van der Waals surface area contributed by atoms with Crippen LogP contribution < -0.4 is 15.5 Å². The SMILES string of the molecule is CCCSNc1cc(C)ccc1Nc1cc(Cl)ncc1C(=O)NOCC. The molecular formula is C18H23ClN4O2S. The Hall–Kier alpha value is -1.96. The van der Waals surface area contributed by atoms with E-state index in [1.165, 1.54) is 6.20 Å². The fraction of sp³-hybridized carbons (Fsp3) is 0.333. The van der Waals surface area contributed by atoms with Crippen LogP contribution in [0.5, 0.6) is 0 Å². The molecule has 0 spiro atoms. The van der Waals surface area contributed by atoms with Crippen LogP contribution in [0.15, 0.2) is 30.5 Å². The van der Waals surface area contributed by atoms with E-state index >= 15 is 0 Å². The highest BCUT2D eigenvalue weighted by molar-refractivity contribution is 8.00. The molecule has 26 heavy (non-hydrogen) atoms. The minimum atomic E-state index is -0.388. The van der Waals surface area contributed by atoms with Gasteiger partial charge in [0.15, 0.2) is 0 Å². The van der Waals surface area contributed by atoms with Crippen molar-refractivity contribution < 1.29 is 9.63 Å². The van der Waals surface area contributed by atoms with Gasteiger partial charge in [0.2, 0.25) is 0 Å². The molecule has 1 aromatic carbocycles. The number of nitrogens with one attached hydrogen (secondary N) is 3. The topological polar surface area (TPSA) is 75.3 Å². The van der Waals surface area contributed by atoms with Crippen molar-refractivity contribution in [3.8, 4) is 0 Å². The Balaban J connectivity index is 2.29. The Morgan fingerprint density at radius 1 is 1.23 bits per heavy atom. The standard InChI is InChI=1S/C18H23ClN4O2S/c1-4-8-26-23-16-9-12(3)6-7-14(16)21-15-10-17(19)20-11-13(15)18(24)22-25-5-2/h6-7,9-11,23H,4-5,8H2,1-3H3,(H,20,21)(H,22,24). The van der Waals surface area contributed by atoms with Gasteiger partial charge in [0, 0.05) is 11.9 Å². The summed E-state index contributed by atoms with van der Waals surface area (Å²) in [5.41, 5.74) is 6.19. The molecule has 0 bridgehead atoms. The summed E-state index contributed by atoms with van der Waals surface area (Å²) in [7, 11) is 0. The average molecular weight is 395 g/mol. The summed E-state index contributed by atoms with van der Waals surface area (Å²) in [6.07, 6.45) is 2.50. The summed E-state index contributed by atoms with van der Waals surface area (Å²) in [4.78, 5) is 21.3. The first-order chi connectivity index (χ1) is 12.5. The molecule has 2 rings (SSSR count). The number of rotatable bonds is 9. The average Bonchev–Trinajstić information content (AvgIpc) is 2.62. The van der Waals surface area contributed by atoms with Gasteiger partial charge in [-0.05, 0) is 44.0 Å². The predicted molar refractivity (Wildman–Crippen MR) is 109 cm³/mol. The molecule has 0 unspecified atom stereocenters. The third kappa shape index (κ3) is 5.79. The minimum absolute atomic E-state index is 0.294. The molecule has 1 aromatic heterocycles. The fourth-order valence-corrected chi connectivity index (χ4v) is 2.92. The summed E-state index contributed by atoms with van der Waals surface area (Å²) in [6.45, 7) is 6.32. The number of carbonyl (C=O) groups excluding carboxylic acids is 1. The second-order valence-electron chi connectivity index (χ2n) is 5.54. The Labute approximate surface area is 163 Å². The van der Waals surface area contributed by atoms with Gasteiger partial charge in [0.25, 0.3) is 5.91 Å². The van der Waals surface area contributed by atoms with E-state index in [1.807, 2.05) is 25.1 Å². The second-order valence-corrected chi connectivity index (χ2v) is 6.83. The first-order valence-electron chi connectivity index (χ1n) is 8.38. The number of benzene rings is 1. The zero-order valence-electron chi connectivity index (χ0n) is 15.1. The van der Waals surface area contributed by atoms with E-state index in [1.54, 1.807) is 24.9 Å². The summed E-state index contributed by atoms with van der Waals surface area (Å²) in [5.74, 6) is 0.608. The first kappa shape index (κ1) is 20.4. The molecule has 6 nitrogen and oxygen atoms in total. The van der Waals surface area contributed by atoms with E-state index in [-0.39, 0.29) is 5.91 Å². The van der Waals surface area contributed by atoms with Crippen molar-refractivity contribution in [2.45, 2.75) is 27.2 Å². The molecule has 3 N–H and O–H groups in total. The number of pyridine rings is 1. The number of carbonyl (C=O) groups is 1. The molecule has 0 atom stereocenters. The number of aryl methyl sites for hydroxylation is 1. The monoisotopic (exact) mass is 394 g/mol. The lowest BCUT2D eigenvalue weighted by Gasteiger charge is -2.16. The van der Waals surface area contributed by atoms with E-state index in [0.717, 1.165) is 29.1 Å². The highest BCUT2D eigenvalue weighted by Crippen LogP contribution is 2.31. The molecular weight excluding hydrogens is 372 g/mol. The summed E-state index contributed by atoms with van der Waals surface area (Å²) >= 11 is 7.66. The zero-order valence-corrected chi connectivity index (χ0v) is 16.6. The first-order valence-corrected chi connectivity index (χ1v) is 9.74. The van der Waals surface area contributed by atoms with Gasteiger partial charge in [-0.25, -0.2) is 10.5 Å². The third-order valence-electron chi connectivity index (χ3n) is 3.36.